The molecule has 6 N–H and O–H groups in total. The van der Waals surface area contributed by atoms with Crippen molar-refractivity contribution in [3.8, 4) is 0 Å². The first-order chi connectivity index (χ1) is 8.00. The Morgan fingerprint density at radius 2 is 1.82 bits per heavy atom. The summed E-state index contributed by atoms with van der Waals surface area (Å²) in [5.41, 5.74) is 5.00. The summed E-state index contributed by atoms with van der Waals surface area (Å²) in [5, 5.41) is 27.3. The van der Waals surface area contributed by atoms with Crippen LogP contribution in [-0.4, -0.2) is 52.5 Å². The normalized spacial score (nSPS) is 9.18. The summed E-state index contributed by atoms with van der Waals surface area (Å²) < 4.78 is 0. The molecule has 2 rings (SSSR count). The molecule has 0 unspecified atom stereocenters. The van der Waals surface area contributed by atoms with Crippen LogP contribution in [0.4, 0.5) is 5.95 Å². The maximum Gasteiger partial charge on any atom is 0.373 e. The van der Waals surface area contributed by atoms with Crippen LogP contribution in [-0.2, 0) is 0 Å². The van der Waals surface area contributed by atoms with Crippen molar-refractivity contribution >= 4 is 17.9 Å². The van der Waals surface area contributed by atoms with Gasteiger partial charge in [0.15, 0.2) is 0 Å². The largest absolute Gasteiger partial charge is 0.475 e. The van der Waals surface area contributed by atoms with Gasteiger partial charge in [0.25, 0.3) is 0 Å². The number of anilines is 1. The lowest BCUT2D eigenvalue weighted by molar-refractivity contribution is 0.0673. The molecule has 0 spiro atoms. The predicted molar refractivity (Wildman–Crippen MR) is 51.1 cm³/mol. The minimum absolute atomic E-state index is 0.0626. The van der Waals surface area contributed by atoms with Gasteiger partial charge in [-0.15, -0.1) is 5.10 Å². The van der Waals surface area contributed by atoms with Crippen LogP contribution < -0.4 is 5.73 Å². The fourth-order valence-electron chi connectivity index (χ4n) is 0.679. The molecule has 0 aromatic carbocycles. The molecular weight excluding hydrogens is 234 g/mol. The number of carboxylic acid groups (broad SMARTS) is 2. The van der Waals surface area contributed by atoms with E-state index in [4.69, 9.17) is 15.9 Å². The van der Waals surface area contributed by atoms with Crippen molar-refractivity contribution in [2.24, 2.45) is 0 Å². The third-order valence-corrected chi connectivity index (χ3v) is 1.32. The Kier molecular flexibility index (Phi) is 3.70. The van der Waals surface area contributed by atoms with Crippen molar-refractivity contribution in [3.05, 3.63) is 18.0 Å². The zero-order valence-electron chi connectivity index (χ0n) is 8.15. The molecule has 2 aromatic rings. The van der Waals surface area contributed by atoms with Crippen molar-refractivity contribution in [1.29, 1.82) is 0 Å². The molecule has 0 aliphatic rings. The summed E-state index contributed by atoms with van der Waals surface area (Å²) in [4.78, 5) is 26.6. The summed E-state index contributed by atoms with van der Waals surface area (Å²) >= 11 is 0. The molecule has 90 valence electrons. The highest BCUT2D eigenvalue weighted by Crippen LogP contribution is 1.90. The Morgan fingerprint density at radius 1 is 1.18 bits per heavy atom. The second-order valence-corrected chi connectivity index (χ2v) is 2.49. The van der Waals surface area contributed by atoms with Crippen molar-refractivity contribution in [3.63, 3.8) is 0 Å². The molecule has 0 amide bonds. The third-order valence-electron chi connectivity index (χ3n) is 1.32. The number of nitrogens with zero attached hydrogens (tertiary/aromatic N) is 4. The quantitative estimate of drug-likeness (QED) is 0.421. The molecule has 0 aliphatic carbocycles. The fraction of sp³-hybridized carbons (Fsp3) is 0. The van der Waals surface area contributed by atoms with Crippen molar-refractivity contribution in [1.82, 2.24) is 30.4 Å². The second kappa shape index (κ2) is 5.20. The van der Waals surface area contributed by atoms with Crippen LogP contribution in [0.15, 0.2) is 6.33 Å². The molecule has 2 aromatic heterocycles. The summed E-state index contributed by atoms with van der Waals surface area (Å²) in [6.45, 7) is 0. The van der Waals surface area contributed by atoms with Gasteiger partial charge in [-0.25, -0.2) is 14.6 Å². The minimum Gasteiger partial charge on any atom is -0.475 e. The van der Waals surface area contributed by atoms with Crippen LogP contribution in [0, 0.1) is 0 Å². The summed E-state index contributed by atoms with van der Waals surface area (Å²) in [7, 11) is 0. The molecule has 2 heterocycles. The van der Waals surface area contributed by atoms with E-state index in [-0.39, 0.29) is 17.6 Å². The van der Waals surface area contributed by atoms with Crippen LogP contribution in [0.5, 0.6) is 0 Å². The number of H-pyrrole nitrogens is 2. The molecular formula is C6H7N7O4. The van der Waals surface area contributed by atoms with Gasteiger partial charge in [-0.1, -0.05) is 0 Å². The van der Waals surface area contributed by atoms with Gasteiger partial charge in [-0.2, -0.15) is 10.1 Å². The van der Waals surface area contributed by atoms with Crippen LogP contribution in [0.1, 0.15) is 21.2 Å². The standard InChI is InChI=1S/C3H4N4O2.C3H3N3O2/c4-3-5-1(2(8)9)6-7-3;7-3(8)2-4-1-5-6-2/h(H,8,9)(H3,4,5,6,7);1H,(H,7,8)(H,4,5,6). The average Bonchev–Trinajstić information content (AvgIpc) is 2.87. The maximum absolute atomic E-state index is 10.0. The van der Waals surface area contributed by atoms with Crippen molar-refractivity contribution in [2.45, 2.75) is 0 Å². The van der Waals surface area contributed by atoms with Crippen LogP contribution in [0.2, 0.25) is 0 Å². The lowest BCUT2D eigenvalue weighted by Crippen LogP contribution is -1.98. The van der Waals surface area contributed by atoms with E-state index >= 15 is 0 Å². The number of nitrogens with two attached hydrogens (primary N) is 1. The molecule has 11 nitrogen and oxygen atoms in total. The van der Waals surface area contributed by atoms with Gasteiger partial charge in [-0.05, 0) is 0 Å². The molecule has 0 aliphatic heterocycles. The number of hydrogen-bond acceptors (Lipinski definition) is 7. The van der Waals surface area contributed by atoms with Crippen molar-refractivity contribution in [2.75, 3.05) is 5.73 Å². The lowest BCUT2D eigenvalue weighted by Gasteiger charge is -1.77. The average molecular weight is 241 g/mol. The number of carbonyl (C=O) groups is 2. The molecule has 0 atom stereocenters. The summed E-state index contributed by atoms with van der Waals surface area (Å²) in [5.74, 6) is -2.70. The summed E-state index contributed by atoms with van der Waals surface area (Å²) in [6, 6.07) is 0. The van der Waals surface area contributed by atoms with Gasteiger partial charge >= 0.3 is 11.9 Å². The lowest BCUT2D eigenvalue weighted by atomic mass is 10.6. The Hall–Kier alpha value is -2.98. The highest BCUT2D eigenvalue weighted by Gasteiger charge is 2.06. The van der Waals surface area contributed by atoms with Gasteiger partial charge in [0, 0.05) is 0 Å². The van der Waals surface area contributed by atoms with E-state index in [1.54, 1.807) is 0 Å². The Morgan fingerprint density at radius 3 is 2.06 bits per heavy atom. The van der Waals surface area contributed by atoms with Crippen LogP contribution in [0.3, 0.4) is 0 Å². The van der Waals surface area contributed by atoms with E-state index in [9.17, 15) is 9.59 Å². The van der Waals surface area contributed by atoms with E-state index in [1.165, 1.54) is 0 Å². The molecule has 0 radical (unpaired) electrons. The van der Waals surface area contributed by atoms with Gasteiger partial charge in [0.2, 0.25) is 17.6 Å². The SMILES string of the molecule is Nc1n[nH]c(C(=O)O)n1.O=C(O)c1ncn[nH]1. The Bertz CT molecular complexity index is 504. The second-order valence-electron chi connectivity index (χ2n) is 2.49. The predicted octanol–water partition coefficient (Wildman–Crippen LogP) is -1.41. The highest BCUT2D eigenvalue weighted by molar-refractivity contribution is 5.83. The monoisotopic (exact) mass is 241 g/mol. The first-order valence-electron chi connectivity index (χ1n) is 4.00. The molecule has 11 heteroatoms. The van der Waals surface area contributed by atoms with Gasteiger partial charge < -0.3 is 15.9 Å². The number of nitrogen functional groups attached to an aromatic ring is 1. The number of aromatic carboxylic acids is 2. The molecule has 0 saturated heterocycles. The Labute approximate surface area is 92.7 Å². The minimum atomic E-state index is -1.17. The van der Waals surface area contributed by atoms with E-state index in [2.05, 4.69) is 30.4 Å². The topological polar surface area (TPSA) is 184 Å². The number of hydrogen-bond donors (Lipinski definition) is 5. The third kappa shape index (κ3) is 3.58. The van der Waals surface area contributed by atoms with Crippen LogP contribution in [0.25, 0.3) is 0 Å². The first kappa shape index (κ1) is 12.1. The molecule has 0 fully saturated rings. The number of carboxylic acids is 2. The zero-order chi connectivity index (χ0) is 12.8. The highest BCUT2D eigenvalue weighted by atomic mass is 16.4. The maximum atomic E-state index is 10.0. The van der Waals surface area contributed by atoms with Crippen LogP contribution >= 0.6 is 0 Å². The van der Waals surface area contributed by atoms with Gasteiger partial charge in [0.1, 0.15) is 6.33 Å². The summed E-state index contributed by atoms with van der Waals surface area (Å²) in [6.07, 6.45) is 1.14. The number of aromatic amines is 2. The van der Waals surface area contributed by atoms with E-state index in [0.29, 0.717) is 0 Å². The van der Waals surface area contributed by atoms with Gasteiger partial charge in [-0.3, -0.25) is 10.2 Å². The zero-order valence-corrected chi connectivity index (χ0v) is 8.15. The van der Waals surface area contributed by atoms with Crippen molar-refractivity contribution < 1.29 is 19.8 Å². The number of nitrogens with one attached hydrogen (secondary N) is 2. The number of rotatable bonds is 2. The van der Waals surface area contributed by atoms with E-state index < -0.39 is 11.9 Å². The van der Waals surface area contributed by atoms with Gasteiger partial charge in [0.05, 0.1) is 0 Å². The Balaban J connectivity index is 0.000000171. The smallest absolute Gasteiger partial charge is 0.373 e. The molecule has 0 bridgehead atoms. The first-order valence-corrected chi connectivity index (χ1v) is 4.00. The molecule has 17 heavy (non-hydrogen) atoms. The number of aromatic nitrogens is 6. The van der Waals surface area contributed by atoms with E-state index in [1.807, 2.05) is 0 Å². The molecule has 0 saturated carbocycles. The van der Waals surface area contributed by atoms with E-state index in [0.717, 1.165) is 6.33 Å². The fourth-order valence-corrected chi connectivity index (χ4v) is 0.679.